The quantitative estimate of drug-likeness (QED) is 0.612. The lowest BCUT2D eigenvalue weighted by molar-refractivity contribution is 0.745. The van der Waals surface area contributed by atoms with E-state index in [0.29, 0.717) is 0 Å². The number of rotatable bonds is 4. The molecule has 1 atom stereocenters. The third-order valence-electron chi connectivity index (χ3n) is 5.36. The summed E-state index contributed by atoms with van der Waals surface area (Å²) in [7, 11) is 0. The van der Waals surface area contributed by atoms with Crippen molar-refractivity contribution in [3.8, 4) is 0 Å². The summed E-state index contributed by atoms with van der Waals surface area (Å²) in [5.41, 5.74) is 7.32. The summed E-state index contributed by atoms with van der Waals surface area (Å²) in [4.78, 5) is 0. The maximum absolute atomic E-state index is 4.18. The first kappa shape index (κ1) is 15.7. The van der Waals surface area contributed by atoms with Gasteiger partial charge in [-0.15, -0.1) is 0 Å². The van der Waals surface area contributed by atoms with E-state index in [1.165, 1.54) is 33.4 Å². The molecule has 0 saturated heterocycles. The molecule has 0 amide bonds. The number of benzene rings is 2. The average molecular weight is 322 g/mol. The Labute approximate surface area is 150 Å². The Bertz CT molecular complexity index is 922. The second-order valence-electron chi connectivity index (χ2n) is 6.54. The molecular weight excluding hydrogens is 300 g/mol. The molecule has 0 aliphatic heterocycles. The van der Waals surface area contributed by atoms with Crippen molar-refractivity contribution in [2.24, 2.45) is 0 Å². The lowest BCUT2D eigenvalue weighted by Crippen LogP contribution is -2.30. The van der Waals surface area contributed by atoms with E-state index in [2.05, 4.69) is 86.0 Å². The van der Waals surface area contributed by atoms with Gasteiger partial charge in [-0.2, -0.15) is 0 Å². The first-order chi connectivity index (χ1) is 12.3. The fourth-order valence-electron chi connectivity index (χ4n) is 4.39. The third-order valence-corrected chi connectivity index (χ3v) is 5.36. The number of hydrogen-bond acceptors (Lipinski definition) is 0. The highest BCUT2D eigenvalue weighted by Crippen LogP contribution is 2.55. The highest BCUT2D eigenvalue weighted by Gasteiger charge is 2.46. The highest BCUT2D eigenvalue weighted by atomic mass is 14.5. The van der Waals surface area contributed by atoms with Gasteiger partial charge in [0.2, 0.25) is 0 Å². The van der Waals surface area contributed by atoms with Crippen LogP contribution in [0.2, 0.25) is 0 Å². The lowest BCUT2D eigenvalue weighted by atomic mass is 9.65. The summed E-state index contributed by atoms with van der Waals surface area (Å²) in [5, 5.41) is 0. The summed E-state index contributed by atoms with van der Waals surface area (Å²) in [6.07, 6.45) is 13.2. The largest absolute Gasteiger partial charge is 0.0987 e. The van der Waals surface area contributed by atoms with Crippen LogP contribution in [0.5, 0.6) is 0 Å². The van der Waals surface area contributed by atoms with Crippen molar-refractivity contribution >= 4 is 5.57 Å². The van der Waals surface area contributed by atoms with Gasteiger partial charge in [-0.05, 0) is 46.3 Å². The van der Waals surface area contributed by atoms with E-state index in [0.717, 1.165) is 12.8 Å². The molecule has 2 aliphatic rings. The van der Waals surface area contributed by atoms with Crippen molar-refractivity contribution in [2.45, 2.75) is 18.3 Å². The molecule has 122 valence electrons. The van der Waals surface area contributed by atoms with Gasteiger partial charge in [0.05, 0.1) is 5.41 Å². The summed E-state index contributed by atoms with van der Waals surface area (Å²) in [6, 6.07) is 19.5. The Morgan fingerprint density at radius 2 is 1.60 bits per heavy atom. The topological polar surface area (TPSA) is 0 Å². The minimum atomic E-state index is -0.306. The van der Waals surface area contributed by atoms with Crippen LogP contribution in [0.15, 0.2) is 109 Å². The van der Waals surface area contributed by atoms with E-state index in [9.17, 15) is 0 Å². The van der Waals surface area contributed by atoms with E-state index in [1.54, 1.807) is 0 Å². The zero-order valence-electron chi connectivity index (χ0n) is 14.4. The fraction of sp³-hybridized carbons (Fsp3) is 0.120. The maximum Gasteiger partial charge on any atom is 0.0710 e. The molecule has 0 spiro atoms. The average Bonchev–Trinajstić information content (AvgIpc) is 2.99. The van der Waals surface area contributed by atoms with Crippen molar-refractivity contribution in [3.05, 3.63) is 126 Å². The molecule has 0 fully saturated rings. The SMILES string of the molecule is C=CC1=C(C=C)C(C2=CCCC=C2)(c2ccccc2)c2ccccc21. The van der Waals surface area contributed by atoms with Crippen molar-refractivity contribution in [2.75, 3.05) is 0 Å². The Hall–Kier alpha value is -2.86. The van der Waals surface area contributed by atoms with Crippen LogP contribution in [0.25, 0.3) is 5.57 Å². The van der Waals surface area contributed by atoms with Crippen LogP contribution in [0.3, 0.4) is 0 Å². The maximum atomic E-state index is 4.18. The Balaban J connectivity index is 2.16. The molecule has 0 heterocycles. The highest BCUT2D eigenvalue weighted by molar-refractivity contribution is 5.91. The minimum Gasteiger partial charge on any atom is -0.0987 e. The molecule has 4 rings (SSSR count). The van der Waals surface area contributed by atoms with Crippen LogP contribution >= 0.6 is 0 Å². The summed E-state index contributed by atoms with van der Waals surface area (Å²) < 4.78 is 0. The zero-order chi connectivity index (χ0) is 17.3. The number of hydrogen-bond donors (Lipinski definition) is 0. The Morgan fingerprint density at radius 3 is 2.28 bits per heavy atom. The van der Waals surface area contributed by atoms with E-state index in [1.807, 2.05) is 12.2 Å². The van der Waals surface area contributed by atoms with Gasteiger partial charge >= 0.3 is 0 Å². The molecule has 2 aromatic carbocycles. The molecule has 2 aliphatic carbocycles. The first-order valence-electron chi connectivity index (χ1n) is 8.86. The molecule has 0 radical (unpaired) electrons. The molecule has 2 aromatic rings. The minimum absolute atomic E-state index is 0.306. The molecule has 0 aromatic heterocycles. The molecule has 0 saturated carbocycles. The van der Waals surface area contributed by atoms with E-state index >= 15 is 0 Å². The normalized spacial score (nSPS) is 21.7. The predicted molar refractivity (Wildman–Crippen MR) is 107 cm³/mol. The number of allylic oxidation sites excluding steroid dienone is 8. The summed E-state index contributed by atoms with van der Waals surface area (Å²) in [5.74, 6) is 0. The predicted octanol–water partition coefficient (Wildman–Crippen LogP) is 6.39. The molecule has 0 bridgehead atoms. The molecule has 0 N–H and O–H groups in total. The van der Waals surface area contributed by atoms with Crippen LogP contribution in [0.1, 0.15) is 29.5 Å². The van der Waals surface area contributed by atoms with Gasteiger partial charge in [0, 0.05) is 0 Å². The van der Waals surface area contributed by atoms with Gasteiger partial charge in [-0.1, -0.05) is 98.1 Å². The van der Waals surface area contributed by atoms with Gasteiger partial charge in [0.25, 0.3) is 0 Å². The molecule has 25 heavy (non-hydrogen) atoms. The van der Waals surface area contributed by atoms with E-state index in [-0.39, 0.29) is 5.41 Å². The van der Waals surface area contributed by atoms with Gasteiger partial charge in [-0.3, -0.25) is 0 Å². The second kappa shape index (κ2) is 6.22. The van der Waals surface area contributed by atoms with Gasteiger partial charge in [-0.25, -0.2) is 0 Å². The van der Waals surface area contributed by atoms with Crippen molar-refractivity contribution in [1.82, 2.24) is 0 Å². The first-order valence-corrected chi connectivity index (χ1v) is 8.86. The van der Waals surface area contributed by atoms with Crippen LogP contribution in [-0.2, 0) is 5.41 Å². The Kier molecular flexibility index (Phi) is 3.89. The van der Waals surface area contributed by atoms with Crippen LogP contribution in [0, 0.1) is 0 Å². The second-order valence-corrected chi connectivity index (χ2v) is 6.54. The molecular formula is C25H22. The van der Waals surface area contributed by atoms with Gasteiger partial charge < -0.3 is 0 Å². The smallest absolute Gasteiger partial charge is 0.0710 e. The monoisotopic (exact) mass is 322 g/mol. The zero-order valence-corrected chi connectivity index (χ0v) is 14.4. The molecule has 0 heteroatoms. The Morgan fingerprint density at radius 1 is 0.840 bits per heavy atom. The van der Waals surface area contributed by atoms with E-state index < -0.39 is 0 Å². The van der Waals surface area contributed by atoms with Gasteiger partial charge in [0.1, 0.15) is 0 Å². The standard InChI is InChI=1S/C25H22/c1-3-21-22-17-11-12-18-24(22)25(23(21)4-2,19-13-7-5-8-14-19)20-15-9-6-10-16-20/h3-5,7-9,11-18H,1-2,6,10H2. The van der Waals surface area contributed by atoms with Gasteiger partial charge in [0.15, 0.2) is 0 Å². The lowest BCUT2D eigenvalue weighted by Gasteiger charge is -2.36. The van der Waals surface area contributed by atoms with Crippen LogP contribution < -0.4 is 0 Å². The summed E-state index contributed by atoms with van der Waals surface area (Å²) in [6.45, 7) is 8.28. The third kappa shape index (κ3) is 2.14. The fourth-order valence-corrected chi connectivity index (χ4v) is 4.39. The van der Waals surface area contributed by atoms with E-state index in [4.69, 9.17) is 0 Å². The number of fused-ring (bicyclic) bond motifs is 1. The van der Waals surface area contributed by atoms with Crippen molar-refractivity contribution < 1.29 is 0 Å². The molecule has 0 nitrogen and oxygen atoms in total. The molecule has 1 unspecified atom stereocenters. The van der Waals surface area contributed by atoms with Crippen molar-refractivity contribution in [1.29, 1.82) is 0 Å². The van der Waals surface area contributed by atoms with Crippen LogP contribution in [0.4, 0.5) is 0 Å². The van der Waals surface area contributed by atoms with Crippen molar-refractivity contribution in [3.63, 3.8) is 0 Å². The van der Waals surface area contributed by atoms with Crippen LogP contribution in [-0.4, -0.2) is 0 Å². The summed E-state index contributed by atoms with van der Waals surface area (Å²) >= 11 is 0.